The van der Waals surface area contributed by atoms with E-state index in [0.717, 1.165) is 128 Å². The predicted octanol–water partition coefficient (Wildman–Crippen LogP) is 23.3. The fourth-order valence-electron chi connectivity index (χ4n) is 14.5. The zero-order valence-electron chi connectivity index (χ0n) is 93.2. The maximum Gasteiger partial charge on any atom is 3.00 e. The minimum absolute atomic E-state index is 0. The van der Waals surface area contributed by atoms with E-state index < -0.39 is 0 Å². The molecule has 0 saturated carbocycles. The molecule has 0 spiro atoms. The molecule has 11 aromatic carbocycles. The number of benzene rings is 11. The van der Waals surface area contributed by atoms with Gasteiger partial charge < -0.3 is 7.43 Å². The quantitative estimate of drug-likeness (QED) is 0.0659. The third kappa shape index (κ3) is 40.5. The van der Waals surface area contributed by atoms with Crippen molar-refractivity contribution < 1.29 is 97.8 Å². The van der Waals surface area contributed by atoms with E-state index in [-0.39, 0.29) is 169 Å². The van der Waals surface area contributed by atoms with Crippen LogP contribution in [-0.2, 0) is 121 Å². The number of aliphatic imine (C=N–C) groups is 6. The van der Waals surface area contributed by atoms with E-state index in [1.807, 2.05) is 188 Å². The molecular formula is C126H150Co4N6O6Se6. The standard InChI is InChI=1S/5C21H27NOSe.C20H23NOSe.CH3.4Co/c5*1-20(2,3)15-11-14(19(23)16(12-15)21(4,5)6)13-22-17-9-7-8-10-18(17)24;1-13(2)14-10-15(19(22)16(11-14)20(3,4)5)12-21-17-8-6-7-9-18(17)23;;;;;/h5*7-13,23-24H,1-6H3;6-12,23H,1-5H3;1H3;;;;/q;;;;;;-1;4*+3/p-11. The van der Waals surface area contributed by atoms with E-state index in [1.165, 1.54) is 5.57 Å². The molecule has 0 saturated heterocycles. The largest absolute Gasteiger partial charge is 3.00 e. The van der Waals surface area contributed by atoms with Gasteiger partial charge >= 0.3 is 983 Å². The summed E-state index contributed by atoms with van der Waals surface area (Å²) in [5.74, 6) is 0.332. The van der Waals surface area contributed by atoms with Crippen molar-refractivity contribution in [3.63, 3.8) is 0 Å². The number of hydrogen-bond donors (Lipinski definition) is 0. The second-order valence-corrected chi connectivity index (χ2v) is 53.3. The fraction of sp³-hybridized carbons (Fsp3) is 0.365. The summed E-state index contributed by atoms with van der Waals surface area (Å²) in [5.41, 5.74) is 20.7. The topological polar surface area (TPSA) is 213 Å². The van der Waals surface area contributed by atoms with E-state index >= 15 is 0 Å². The molecule has 148 heavy (non-hydrogen) atoms. The summed E-state index contributed by atoms with van der Waals surface area (Å²) in [7, 11) is 0. The first-order valence-electron chi connectivity index (χ1n) is 48.5. The summed E-state index contributed by atoms with van der Waals surface area (Å²) in [6.45, 7) is 73.9. The molecule has 0 bridgehead atoms. The second-order valence-electron chi connectivity index (χ2n) is 47.8. The van der Waals surface area contributed by atoms with Crippen molar-refractivity contribution in [3.05, 3.63) is 338 Å². The normalized spacial score (nSPS) is 12.8. The molecule has 11 aromatic rings. The minimum Gasteiger partial charge on any atom is -0.358 e. The zero-order valence-corrected chi connectivity index (χ0v) is 108. The third-order valence-electron chi connectivity index (χ3n) is 23.7. The Labute approximate surface area is 980 Å². The molecule has 0 aliphatic heterocycles. The Hall–Kier alpha value is -7.37. The SMILES string of the molecule is CC(C)(C)c1cc(C=Nc2ccccc2[Se-])c([O-])c(C(C)(C)C)c1.CC(C)(C)c1cc(C=Nc2ccccc2[Se-])c([O-])c(C(C)(C)C)c1.CC(C)(C)c1cc(C=Nc2ccccc2[Se-])c([O-])c(C(C)(C)C)c1.CC(C)(C)c1cc(C=Nc2ccccc2[Se-])c([O-])c(C(C)(C)C)c1.CC(C)(C)c1cc(C=Nc2ccccc2[Se-])c([O-])c(C(C)(C)C)c1.CC(C)=C1C=C(C=Nc2ccccc2[Se-])[C+]([O-])C(C(C)(C)C)=C1.[CH3-].[Co+3].[Co+3].[Co+3].[Co+3]. The Balaban J connectivity index is 0.000000596. The number of allylic oxidation sites excluding steroid dienone is 4. The Kier molecular flexibility index (Phi) is 52.3. The van der Waals surface area contributed by atoms with Crippen LogP contribution in [0.2, 0.25) is 0 Å². The Bertz CT molecular complexity index is 5830. The van der Waals surface area contributed by atoms with Crippen LogP contribution in [-0.4, -0.2) is 133 Å². The average Bonchev–Trinajstić information content (AvgIpc) is 0.784. The van der Waals surface area contributed by atoms with Crippen LogP contribution in [0.25, 0.3) is 0 Å². The van der Waals surface area contributed by atoms with Gasteiger partial charge in [-0.15, -0.1) is 0 Å². The molecular weight excluding hydrogens is 2400 g/mol. The first kappa shape index (κ1) is 137. The van der Waals surface area contributed by atoms with Gasteiger partial charge in [-0.2, -0.15) is 0 Å². The Morgan fingerprint density at radius 3 is 0.541 bits per heavy atom. The number of rotatable bonds is 12. The summed E-state index contributed by atoms with van der Waals surface area (Å²) >= 11 is 18.0. The summed E-state index contributed by atoms with van der Waals surface area (Å²) in [6.07, 6.45) is 14.2. The first-order valence-corrected chi connectivity index (χ1v) is 53.6. The van der Waals surface area contributed by atoms with Crippen LogP contribution in [0.4, 0.5) is 34.1 Å². The van der Waals surface area contributed by atoms with Gasteiger partial charge in [0.2, 0.25) is 0 Å². The first-order chi connectivity index (χ1) is 65.7. The van der Waals surface area contributed by atoms with Crippen LogP contribution in [0.1, 0.15) is 326 Å². The van der Waals surface area contributed by atoms with E-state index in [2.05, 4.69) is 399 Å². The van der Waals surface area contributed by atoms with Gasteiger partial charge in [-0.25, -0.2) is 0 Å². The maximum atomic E-state index is 12.9. The van der Waals surface area contributed by atoms with Crippen molar-refractivity contribution in [2.24, 2.45) is 35.4 Å². The number of para-hydroxylation sites is 6. The van der Waals surface area contributed by atoms with Crippen LogP contribution in [0.15, 0.2) is 271 Å². The second kappa shape index (κ2) is 56.7. The average molecular weight is 2550 g/mol. The Morgan fingerprint density at radius 2 is 0.399 bits per heavy atom. The van der Waals surface area contributed by atoms with Gasteiger partial charge in [-0.3, -0.25) is 0 Å². The van der Waals surface area contributed by atoms with Crippen molar-refractivity contribution in [2.45, 2.75) is 296 Å². The smallest absolute Gasteiger partial charge is 0.358 e. The fourth-order valence-corrected chi connectivity index (χ4v) is 17.0. The molecule has 0 heterocycles. The molecule has 0 atom stereocenters. The van der Waals surface area contributed by atoms with Crippen molar-refractivity contribution in [1.29, 1.82) is 0 Å². The van der Waals surface area contributed by atoms with Crippen molar-refractivity contribution in [3.8, 4) is 28.7 Å². The zero-order chi connectivity index (χ0) is 108. The van der Waals surface area contributed by atoms with Gasteiger partial charge in [0, 0.05) is 0 Å². The van der Waals surface area contributed by atoms with Gasteiger partial charge in [-0.1, -0.05) is 0 Å². The number of hydrogen-bond acceptors (Lipinski definition) is 12. The van der Waals surface area contributed by atoms with Crippen molar-refractivity contribution in [2.75, 3.05) is 0 Å². The van der Waals surface area contributed by atoms with Gasteiger partial charge in [0.25, 0.3) is 0 Å². The molecule has 0 fully saturated rings. The molecule has 1 aliphatic rings. The maximum absolute atomic E-state index is 12.9. The summed E-state index contributed by atoms with van der Waals surface area (Å²) in [6, 6.07) is 67.0. The van der Waals surface area contributed by atoms with E-state index in [9.17, 15) is 30.6 Å². The predicted molar refractivity (Wildman–Crippen MR) is 615 cm³/mol. The minimum atomic E-state index is -0.197. The van der Waals surface area contributed by atoms with Gasteiger partial charge in [-0.05, 0) is 0 Å². The molecule has 0 aromatic heterocycles. The van der Waals surface area contributed by atoms with Crippen LogP contribution >= 0.6 is 0 Å². The van der Waals surface area contributed by atoms with Gasteiger partial charge in [0.05, 0.1) is 0 Å². The molecule has 12 rings (SSSR count). The van der Waals surface area contributed by atoms with Crippen LogP contribution < -0.4 is 57.4 Å². The van der Waals surface area contributed by atoms with Crippen LogP contribution in [0, 0.1) is 18.9 Å². The molecule has 12 nitrogen and oxygen atoms in total. The molecule has 0 unspecified atom stereocenters. The van der Waals surface area contributed by atoms with Crippen LogP contribution in [0.5, 0.6) is 28.7 Å². The third-order valence-corrected chi connectivity index (χ3v) is 28.1. The molecule has 0 amide bonds. The van der Waals surface area contributed by atoms with Crippen molar-refractivity contribution >= 4 is 194 Å². The summed E-state index contributed by atoms with van der Waals surface area (Å²) < 4.78 is 5.85. The molecule has 0 N–H and O–H groups in total. The monoisotopic (exact) mass is 2560 g/mol. The summed E-state index contributed by atoms with van der Waals surface area (Å²) in [4.78, 5) is 27.1. The van der Waals surface area contributed by atoms with E-state index in [1.54, 1.807) is 37.3 Å². The Morgan fingerprint density at radius 1 is 0.236 bits per heavy atom. The molecule has 1 aliphatic carbocycles. The number of nitrogens with zero attached hydrogens (tertiary/aromatic N) is 6. The summed E-state index contributed by atoms with van der Waals surface area (Å²) in [5, 5.41) is 77.3. The van der Waals surface area contributed by atoms with Crippen molar-refractivity contribution in [1.82, 2.24) is 0 Å². The van der Waals surface area contributed by atoms with E-state index in [4.69, 9.17) is 0 Å². The van der Waals surface area contributed by atoms with E-state index in [0.29, 0.717) is 33.4 Å². The van der Waals surface area contributed by atoms with Gasteiger partial charge in [0.1, 0.15) is 0 Å². The molecule has 792 valence electrons. The van der Waals surface area contributed by atoms with Gasteiger partial charge in [0.15, 0.2) is 0 Å². The molecule has 22 heteroatoms. The molecule has 0 radical (unpaired) electrons. The van der Waals surface area contributed by atoms with Crippen LogP contribution in [0.3, 0.4) is 0 Å².